The summed E-state index contributed by atoms with van der Waals surface area (Å²) >= 11 is 0. The first-order valence-electron chi connectivity index (χ1n) is 7.19. The first-order chi connectivity index (χ1) is 10.1. The van der Waals surface area contributed by atoms with Crippen LogP contribution in [0.15, 0.2) is 47.4 Å². The Morgan fingerprint density at radius 3 is 2.67 bits per heavy atom. The lowest BCUT2D eigenvalue weighted by Crippen LogP contribution is -2.40. The van der Waals surface area contributed by atoms with E-state index in [2.05, 4.69) is 4.72 Å². The van der Waals surface area contributed by atoms with E-state index in [1.807, 2.05) is 37.3 Å². The summed E-state index contributed by atoms with van der Waals surface area (Å²) in [7, 11) is -3.52. The Kier molecular flexibility index (Phi) is 3.97. The standard InChI is InChI=1S/C16H19NO3S/c1-12(16-7-4-10-20-16)17-21(18,19)15-9-8-13-5-2-3-6-14(13)11-15/h2-3,5-6,8-9,11-12,16-17H,4,7,10H2,1H3/t12-,16+/m0/s1. The van der Waals surface area contributed by atoms with Gasteiger partial charge >= 0.3 is 0 Å². The van der Waals surface area contributed by atoms with E-state index in [0.29, 0.717) is 11.5 Å². The molecule has 5 heteroatoms. The minimum atomic E-state index is -3.52. The predicted octanol–water partition coefficient (Wildman–Crippen LogP) is 2.69. The zero-order chi connectivity index (χ0) is 14.9. The number of benzene rings is 2. The SMILES string of the molecule is C[C@H](NS(=O)(=O)c1ccc2ccccc2c1)[C@H]1CCCO1. The lowest BCUT2D eigenvalue weighted by Gasteiger charge is -2.20. The number of hydrogen-bond acceptors (Lipinski definition) is 3. The summed E-state index contributed by atoms with van der Waals surface area (Å²) < 4.78 is 33.2. The molecule has 1 fully saturated rings. The van der Waals surface area contributed by atoms with Crippen molar-refractivity contribution in [3.05, 3.63) is 42.5 Å². The highest BCUT2D eigenvalue weighted by atomic mass is 32.2. The van der Waals surface area contributed by atoms with Crippen molar-refractivity contribution in [1.82, 2.24) is 4.72 Å². The number of hydrogen-bond donors (Lipinski definition) is 1. The topological polar surface area (TPSA) is 55.4 Å². The Balaban J connectivity index is 1.85. The average Bonchev–Trinajstić information content (AvgIpc) is 3.00. The van der Waals surface area contributed by atoms with E-state index in [4.69, 9.17) is 4.74 Å². The summed E-state index contributed by atoms with van der Waals surface area (Å²) in [6, 6.07) is 12.7. The number of fused-ring (bicyclic) bond motifs is 1. The minimum absolute atomic E-state index is 0.0276. The van der Waals surface area contributed by atoms with Gasteiger partial charge in [-0.3, -0.25) is 0 Å². The van der Waals surface area contributed by atoms with Gasteiger partial charge in [-0.1, -0.05) is 30.3 Å². The molecule has 2 aromatic carbocycles. The molecule has 0 aliphatic carbocycles. The maximum absolute atomic E-state index is 12.5. The lowest BCUT2D eigenvalue weighted by molar-refractivity contribution is 0.0902. The molecule has 0 amide bonds. The third-order valence-electron chi connectivity index (χ3n) is 3.89. The van der Waals surface area contributed by atoms with E-state index in [0.717, 1.165) is 23.6 Å². The van der Waals surface area contributed by atoms with Crippen LogP contribution in [-0.4, -0.2) is 27.2 Å². The first-order valence-corrected chi connectivity index (χ1v) is 8.67. The van der Waals surface area contributed by atoms with E-state index < -0.39 is 10.0 Å². The molecule has 2 aromatic rings. The third kappa shape index (κ3) is 3.10. The van der Waals surface area contributed by atoms with Crippen molar-refractivity contribution < 1.29 is 13.2 Å². The molecule has 0 saturated carbocycles. The molecule has 1 N–H and O–H groups in total. The molecule has 1 aliphatic heterocycles. The molecule has 0 unspecified atom stereocenters. The van der Waals surface area contributed by atoms with E-state index in [1.165, 1.54) is 0 Å². The van der Waals surface area contributed by atoms with Crippen LogP contribution in [-0.2, 0) is 14.8 Å². The average molecular weight is 305 g/mol. The van der Waals surface area contributed by atoms with Crippen molar-refractivity contribution in [3.8, 4) is 0 Å². The molecular formula is C16H19NO3S. The van der Waals surface area contributed by atoms with E-state index in [-0.39, 0.29) is 12.1 Å². The molecule has 4 nitrogen and oxygen atoms in total. The predicted molar refractivity (Wildman–Crippen MR) is 82.7 cm³/mol. The van der Waals surface area contributed by atoms with Gasteiger partial charge < -0.3 is 4.74 Å². The van der Waals surface area contributed by atoms with Crippen LogP contribution in [0.3, 0.4) is 0 Å². The van der Waals surface area contributed by atoms with Crippen LogP contribution in [0.5, 0.6) is 0 Å². The highest BCUT2D eigenvalue weighted by molar-refractivity contribution is 7.89. The molecule has 0 bridgehead atoms. The van der Waals surface area contributed by atoms with Crippen molar-refractivity contribution in [2.45, 2.75) is 36.8 Å². The normalized spacial score (nSPS) is 20.7. The third-order valence-corrected chi connectivity index (χ3v) is 5.45. The van der Waals surface area contributed by atoms with Gasteiger partial charge in [-0.2, -0.15) is 0 Å². The zero-order valence-corrected chi connectivity index (χ0v) is 12.8. The molecule has 21 heavy (non-hydrogen) atoms. The molecule has 1 saturated heterocycles. The monoisotopic (exact) mass is 305 g/mol. The van der Waals surface area contributed by atoms with Gasteiger partial charge in [0.05, 0.1) is 11.0 Å². The van der Waals surface area contributed by atoms with Crippen molar-refractivity contribution in [1.29, 1.82) is 0 Å². The fourth-order valence-electron chi connectivity index (χ4n) is 2.72. The Morgan fingerprint density at radius 1 is 1.19 bits per heavy atom. The van der Waals surface area contributed by atoms with Crippen molar-refractivity contribution in [2.24, 2.45) is 0 Å². The Hall–Kier alpha value is -1.43. The fourth-order valence-corrected chi connectivity index (χ4v) is 4.03. The number of sulfonamides is 1. The molecule has 0 spiro atoms. The molecule has 1 aliphatic rings. The molecule has 1 heterocycles. The van der Waals surface area contributed by atoms with Crippen LogP contribution >= 0.6 is 0 Å². The van der Waals surface area contributed by atoms with E-state index in [1.54, 1.807) is 12.1 Å². The summed E-state index contributed by atoms with van der Waals surface area (Å²) in [6.45, 7) is 2.57. The summed E-state index contributed by atoms with van der Waals surface area (Å²) in [6.07, 6.45) is 1.87. The van der Waals surface area contributed by atoms with Gasteiger partial charge in [-0.25, -0.2) is 13.1 Å². The fraction of sp³-hybridized carbons (Fsp3) is 0.375. The summed E-state index contributed by atoms with van der Waals surface area (Å²) in [5.41, 5.74) is 0. The molecule has 112 valence electrons. The van der Waals surface area contributed by atoms with Gasteiger partial charge in [0.1, 0.15) is 0 Å². The second-order valence-electron chi connectivity index (χ2n) is 5.47. The smallest absolute Gasteiger partial charge is 0.240 e. The van der Waals surface area contributed by atoms with Crippen LogP contribution < -0.4 is 4.72 Å². The number of nitrogens with one attached hydrogen (secondary N) is 1. The second kappa shape index (κ2) is 5.75. The maximum Gasteiger partial charge on any atom is 0.240 e. The van der Waals surface area contributed by atoms with Crippen molar-refractivity contribution in [3.63, 3.8) is 0 Å². The van der Waals surface area contributed by atoms with Crippen molar-refractivity contribution >= 4 is 20.8 Å². The van der Waals surface area contributed by atoms with Crippen LogP contribution in [0.1, 0.15) is 19.8 Å². The molecule has 2 atom stereocenters. The number of ether oxygens (including phenoxy) is 1. The van der Waals surface area contributed by atoms with Crippen LogP contribution in [0, 0.1) is 0 Å². The highest BCUT2D eigenvalue weighted by Crippen LogP contribution is 2.21. The number of rotatable bonds is 4. The lowest BCUT2D eigenvalue weighted by atomic mass is 10.1. The van der Waals surface area contributed by atoms with Gasteiger partial charge in [0.15, 0.2) is 0 Å². The van der Waals surface area contributed by atoms with Gasteiger partial charge in [0.25, 0.3) is 0 Å². The summed E-state index contributed by atoms with van der Waals surface area (Å²) in [5, 5.41) is 1.95. The van der Waals surface area contributed by atoms with Crippen molar-refractivity contribution in [2.75, 3.05) is 6.61 Å². The summed E-state index contributed by atoms with van der Waals surface area (Å²) in [4.78, 5) is 0.297. The van der Waals surface area contributed by atoms with Gasteiger partial charge in [0, 0.05) is 12.6 Å². The van der Waals surface area contributed by atoms with Gasteiger partial charge in [0.2, 0.25) is 10.0 Å². The van der Waals surface area contributed by atoms with Crippen LogP contribution in [0.25, 0.3) is 10.8 Å². The van der Waals surface area contributed by atoms with E-state index >= 15 is 0 Å². The molecule has 3 rings (SSSR count). The maximum atomic E-state index is 12.5. The Morgan fingerprint density at radius 2 is 1.95 bits per heavy atom. The molecule has 0 aromatic heterocycles. The minimum Gasteiger partial charge on any atom is -0.377 e. The van der Waals surface area contributed by atoms with Gasteiger partial charge in [-0.15, -0.1) is 0 Å². The Labute approximate surface area is 125 Å². The second-order valence-corrected chi connectivity index (χ2v) is 7.18. The zero-order valence-electron chi connectivity index (χ0n) is 12.0. The summed E-state index contributed by atoms with van der Waals surface area (Å²) in [5.74, 6) is 0. The van der Waals surface area contributed by atoms with Crippen LogP contribution in [0.4, 0.5) is 0 Å². The first kappa shape index (κ1) is 14.5. The molecule has 0 radical (unpaired) electrons. The van der Waals surface area contributed by atoms with Gasteiger partial charge in [-0.05, 0) is 42.7 Å². The Bertz CT molecular complexity index is 736. The quantitative estimate of drug-likeness (QED) is 0.945. The largest absolute Gasteiger partial charge is 0.377 e. The molecular weight excluding hydrogens is 286 g/mol. The van der Waals surface area contributed by atoms with E-state index in [9.17, 15) is 8.42 Å². The highest BCUT2D eigenvalue weighted by Gasteiger charge is 2.26. The van der Waals surface area contributed by atoms with Crippen LogP contribution in [0.2, 0.25) is 0 Å².